The number of aryl methyl sites for hydroxylation is 2. The normalized spacial score (nSPS) is 12.8. The molecule has 2 aliphatic rings. The summed E-state index contributed by atoms with van der Waals surface area (Å²) in [5.41, 5.74) is 13.9. The molecule has 0 saturated heterocycles. The first-order valence-electron chi connectivity index (χ1n) is 11.8. The second-order valence-corrected chi connectivity index (χ2v) is 8.42. The van der Waals surface area contributed by atoms with Gasteiger partial charge in [-0.3, -0.25) is 0 Å². The molecule has 5 heterocycles. The monoisotopic (exact) mass is 473 g/mol. The molecule has 2 aliphatic heterocycles. The zero-order valence-corrected chi connectivity index (χ0v) is 21.2. The van der Waals surface area contributed by atoms with Gasteiger partial charge in [0, 0.05) is 46.2 Å². The van der Waals surface area contributed by atoms with Crippen LogP contribution in [0.4, 0.5) is 0 Å². The number of aromatic nitrogens is 4. The van der Waals surface area contributed by atoms with Gasteiger partial charge in [0.1, 0.15) is 0 Å². The first-order valence-corrected chi connectivity index (χ1v) is 11.8. The van der Waals surface area contributed by atoms with E-state index in [1.165, 1.54) is 27.8 Å². The Bertz CT molecular complexity index is 1420. The van der Waals surface area contributed by atoms with Crippen LogP contribution in [-0.2, 0) is 31.4 Å². The number of rotatable bonds is 4. The van der Waals surface area contributed by atoms with Crippen LogP contribution in [0.25, 0.3) is 45.4 Å². The number of hydrogen-bond acceptors (Lipinski definition) is 2. The van der Waals surface area contributed by atoms with Crippen LogP contribution < -0.4 is 0 Å². The molecule has 5 rings (SSSR count). The standard InChI is InChI=1S/C28H30N4.V/c1-5-17-13-22-15-20-10-9-18(29-20)14-19-11-12-21(30-19)16-26-23(6-2)24(7-3)28(32-26)25(8-4)27(17)31-22;/h9-16,29,31H,5-8H2,1-4H3;. The molecule has 0 spiro atoms. The van der Waals surface area contributed by atoms with Gasteiger partial charge in [0.15, 0.2) is 0 Å². The summed E-state index contributed by atoms with van der Waals surface area (Å²) in [5, 5.41) is 0. The maximum atomic E-state index is 5.21. The number of nitrogens with one attached hydrogen (secondary N) is 2. The molecule has 0 unspecified atom stereocenters. The van der Waals surface area contributed by atoms with Crippen LogP contribution in [0.5, 0.6) is 0 Å². The second kappa shape index (κ2) is 9.58. The average molecular weight is 474 g/mol. The smallest absolute Gasteiger partial charge is 0.0725 e. The van der Waals surface area contributed by atoms with Crippen LogP contribution in [-0.4, -0.2) is 19.9 Å². The minimum Gasteiger partial charge on any atom is -0.355 e. The second-order valence-electron chi connectivity index (χ2n) is 8.42. The molecule has 167 valence electrons. The van der Waals surface area contributed by atoms with Crippen molar-refractivity contribution in [1.29, 1.82) is 0 Å². The summed E-state index contributed by atoms with van der Waals surface area (Å²) in [6.07, 6.45) is 8.00. The molecule has 0 saturated carbocycles. The molecule has 2 N–H and O–H groups in total. The van der Waals surface area contributed by atoms with Crippen molar-refractivity contribution in [2.24, 2.45) is 0 Å². The van der Waals surface area contributed by atoms with E-state index in [9.17, 15) is 0 Å². The fraction of sp³-hybridized carbons (Fsp3) is 0.286. The molecule has 3 aromatic heterocycles. The third-order valence-corrected chi connectivity index (χ3v) is 6.45. The summed E-state index contributed by atoms with van der Waals surface area (Å²) in [6.45, 7) is 8.93. The minimum atomic E-state index is 0. The van der Waals surface area contributed by atoms with Crippen molar-refractivity contribution in [3.8, 4) is 0 Å². The molecule has 0 fully saturated rings. The molecule has 0 aliphatic carbocycles. The predicted molar refractivity (Wildman–Crippen MR) is 136 cm³/mol. The van der Waals surface area contributed by atoms with Crippen LogP contribution in [0.3, 0.4) is 0 Å². The Kier molecular flexibility index (Phi) is 6.78. The zero-order valence-electron chi connectivity index (χ0n) is 19.8. The van der Waals surface area contributed by atoms with Crippen molar-refractivity contribution in [3.63, 3.8) is 0 Å². The largest absolute Gasteiger partial charge is 0.355 e. The van der Waals surface area contributed by atoms with E-state index in [1.807, 2.05) is 0 Å². The minimum absolute atomic E-state index is 0. The van der Waals surface area contributed by atoms with E-state index < -0.39 is 0 Å². The SMILES string of the molecule is CCC1=C(CC)c2nc1cc1nc(cc3ccc(cc4cc(CC)c([nH]4)c2CC)[nH]3)C=C1.[V]. The van der Waals surface area contributed by atoms with Crippen LogP contribution >= 0.6 is 0 Å². The van der Waals surface area contributed by atoms with Gasteiger partial charge in [-0.05, 0) is 90.9 Å². The van der Waals surface area contributed by atoms with Gasteiger partial charge in [0.05, 0.1) is 22.8 Å². The Hall–Kier alpha value is -2.82. The molecule has 8 bridgehead atoms. The van der Waals surface area contributed by atoms with Gasteiger partial charge in [0.2, 0.25) is 0 Å². The topological polar surface area (TPSA) is 57.4 Å². The average Bonchev–Trinajstić information content (AvgIpc) is 3.56. The Morgan fingerprint density at radius 3 is 2.03 bits per heavy atom. The van der Waals surface area contributed by atoms with Crippen molar-refractivity contribution < 1.29 is 18.6 Å². The molecule has 3 aromatic rings. The van der Waals surface area contributed by atoms with Gasteiger partial charge >= 0.3 is 0 Å². The van der Waals surface area contributed by atoms with Gasteiger partial charge in [-0.1, -0.05) is 27.7 Å². The van der Waals surface area contributed by atoms with Crippen LogP contribution in [0, 0.1) is 0 Å². The van der Waals surface area contributed by atoms with Crippen molar-refractivity contribution >= 4 is 45.4 Å². The molecular formula is C28H30N4V. The summed E-state index contributed by atoms with van der Waals surface area (Å²) in [6, 6.07) is 12.9. The van der Waals surface area contributed by atoms with E-state index in [4.69, 9.17) is 9.97 Å². The first-order chi connectivity index (χ1) is 15.6. The Balaban J connectivity index is 0.00000259. The van der Waals surface area contributed by atoms with Crippen molar-refractivity contribution in [2.45, 2.75) is 53.4 Å². The molecule has 33 heavy (non-hydrogen) atoms. The van der Waals surface area contributed by atoms with E-state index in [0.717, 1.165) is 65.0 Å². The maximum Gasteiger partial charge on any atom is 0.0725 e. The summed E-state index contributed by atoms with van der Waals surface area (Å²) >= 11 is 0. The van der Waals surface area contributed by atoms with Crippen LogP contribution in [0.2, 0.25) is 0 Å². The van der Waals surface area contributed by atoms with E-state index in [1.54, 1.807) is 0 Å². The van der Waals surface area contributed by atoms with Crippen LogP contribution in [0.15, 0.2) is 36.4 Å². The molecule has 5 heteroatoms. The summed E-state index contributed by atoms with van der Waals surface area (Å²) in [5.74, 6) is 0. The van der Waals surface area contributed by atoms with Crippen molar-refractivity contribution in [3.05, 3.63) is 70.3 Å². The Morgan fingerprint density at radius 2 is 1.36 bits per heavy atom. The Labute approximate surface area is 207 Å². The number of nitrogens with zero attached hydrogens (tertiary/aromatic N) is 2. The Morgan fingerprint density at radius 1 is 0.667 bits per heavy atom. The molecule has 4 nitrogen and oxygen atoms in total. The number of H-pyrrole nitrogens is 2. The van der Waals surface area contributed by atoms with E-state index >= 15 is 0 Å². The maximum absolute atomic E-state index is 5.21. The molecular weight excluding hydrogens is 443 g/mol. The number of hydrogen-bond donors (Lipinski definition) is 2. The van der Waals surface area contributed by atoms with Gasteiger partial charge in [0.25, 0.3) is 0 Å². The first kappa shape index (κ1) is 23.3. The third-order valence-electron chi connectivity index (χ3n) is 6.45. The van der Waals surface area contributed by atoms with Gasteiger partial charge < -0.3 is 9.97 Å². The molecule has 1 radical (unpaired) electrons. The summed E-state index contributed by atoms with van der Waals surface area (Å²) < 4.78 is 0. The fourth-order valence-corrected chi connectivity index (χ4v) is 4.93. The quantitative estimate of drug-likeness (QED) is 0.326. The molecule has 0 amide bonds. The van der Waals surface area contributed by atoms with Crippen molar-refractivity contribution in [1.82, 2.24) is 19.9 Å². The predicted octanol–water partition coefficient (Wildman–Crippen LogP) is 7.34. The number of allylic oxidation sites excluding steroid dienone is 2. The third kappa shape index (κ3) is 4.26. The summed E-state index contributed by atoms with van der Waals surface area (Å²) in [7, 11) is 0. The molecule has 0 atom stereocenters. The zero-order chi connectivity index (χ0) is 22.2. The fourth-order valence-electron chi connectivity index (χ4n) is 4.93. The van der Waals surface area contributed by atoms with Gasteiger partial charge in [-0.15, -0.1) is 0 Å². The van der Waals surface area contributed by atoms with Gasteiger partial charge in [-0.2, -0.15) is 0 Å². The summed E-state index contributed by atoms with van der Waals surface area (Å²) in [4.78, 5) is 17.2. The number of fused-ring (bicyclic) bond motifs is 8. The molecule has 0 aromatic carbocycles. The van der Waals surface area contributed by atoms with E-state index in [0.29, 0.717) is 0 Å². The van der Waals surface area contributed by atoms with Crippen LogP contribution in [0.1, 0.15) is 74.4 Å². The van der Waals surface area contributed by atoms with Crippen molar-refractivity contribution in [2.75, 3.05) is 0 Å². The van der Waals surface area contributed by atoms with Gasteiger partial charge in [-0.25, -0.2) is 9.97 Å². The van der Waals surface area contributed by atoms with E-state index in [-0.39, 0.29) is 18.6 Å². The van der Waals surface area contributed by atoms with E-state index in [2.05, 4.69) is 86.2 Å². The number of aromatic amines is 2.